The van der Waals surface area contributed by atoms with Crippen molar-refractivity contribution in [1.82, 2.24) is 0 Å². The van der Waals surface area contributed by atoms with Gasteiger partial charge in [-0.25, -0.2) is 4.39 Å². The van der Waals surface area contributed by atoms with Gasteiger partial charge in [-0.3, -0.25) is 14.5 Å². The molecule has 1 aliphatic rings. The highest BCUT2D eigenvalue weighted by Crippen LogP contribution is 2.44. The summed E-state index contributed by atoms with van der Waals surface area (Å²) in [7, 11) is 5.14. The highest BCUT2D eigenvalue weighted by atomic mass is 19.1. The molecule has 7 nitrogen and oxygen atoms in total. The second kappa shape index (κ2) is 8.46. The first-order valence-corrected chi connectivity index (χ1v) is 10.2. The standard InChI is InChI=1S/C25H23FN2O5/c1-14-5-11-20(33-14)22-21(23(29)18-13-15(26)6-12-19(18)32-4)24(30)25(31)28(22)17-9-7-16(8-10-17)27(2)3/h5-13,22,29H,1-4H3/b23-21+. The number of nitrogens with zero attached hydrogens (tertiary/aromatic N) is 2. The Bertz CT molecular complexity index is 1260. The van der Waals surface area contributed by atoms with E-state index in [9.17, 15) is 19.1 Å². The number of Topliss-reactive ketones (excluding diaryl/α,β-unsaturated/α-hetero) is 1. The Hall–Kier alpha value is -4.07. The van der Waals surface area contributed by atoms with Gasteiger partial charge in [-0.15, -0.1) is 0 Å². The van der Waals surface area contributed by atoms with Gasteiger partial charge in [0.15, 0.2) is 0 Å². The SMILES string of the molecule is COc1ccc(F)cc1/C(O)=C1\C(=O)C(=O)N(c2ccc(N(C)C)cc2)C1c1ccc(C)o1. The van der Waals surface area contributed by atoms with E-state index in [0.717, 1.165) is 11.8 Å². The minimum Gasteiger partial charge on any atom is -0.507 e. The summed E-state index contributed by atoms with van der Waals surface area (Å²) in [6.07, 6.45) is 0. The van der Waals surface area contributed by atoms with E-state index in [0.29, 0.717) is 17.2 Å². The predicted octanol–water partition coefficient (Wildman–Crippen LogP) is 4.43. The van der Waals surface area contributed by atoms with Crippen LogP contribution in [0, 0.1) is 12.7 Å². The Balaban J connectivity index is 1.93. The van der Waals surface area contributed by atoms with Crippen molar-refractivity contribution in [3.05, 3.63) is 83.1 Å². The monoisotopic (exact) mass is 450 g/mol. The van der Waals surface area contributed by atoms with E-state index in [4.69, 9.17) is 9.15 Å². The van der Waals surface area contributed by atoms with Crippen LogP contribution < -0.4 is 14.5 Å². The maximum absolute atomic E-state index is 14.0. The van der Waals surface area contributed by atoms with E-state index >= 15 is 0 Å². The van der Waals surface area contributed by atoms with Crippen LogP contribution in [-0.2, 0) is 9.59 Å². The average Bonchev–Trinajstić information content (AvgIpc) is 3.34. The molecule has 0 saturated carbocycles. The van der Waals surface area contributed by atoms with Gasteiger partial charge in [0.2, 0.25) is 0 Å². The third-order valence-electron chi connectivity index (χ3n) is 5.54. The van der Waals surface area contributed by atoms with Gasteiger partial charge in [0.1, 0.15) is 34.9 Å². The van der Waals surface area contributed by atoms with Crippen molar-refractivity contribution in [2.45, 2.75) is 13.0 Å². The lowest BCUT2D eigenvalue weighted by Crippen LogP contribution is -2.29. The lowest BCUT2D eigenvalue weighted by atomic mass is 9.98. The van der Waals surface area contributed by atoms with Gasteiger partial charge in [0.25, 0.3) is 11.7 Å². The molecule has 2 aromatic carbocycles. The molecular weight excluding hydrogens is 427 g/mol. The number of carbonyl (C=O) groups excluding carboxylic acids is 2. The second-order valence-electron chi connectivity index (χ2n) is 7.87. The molecule has 1 saturated heterocycles. The van der Waals surface area contributed by atoms with Crippen LogP contribution in [0.15, 0.2) is 64.6 Å². The number of hydrogen-bond donors (Lipinski definition) is 1. The molecule has 33 heavy (non-hydrogen) atoms. The first-order valence-electron chi connectivity index (χ1n) is 10.2. The number of aliphatic hydroxyl groups excluding tert-OH is 1. The third kappa shape index (κ3) is 3.84. The molecule has 1 atom stereocenters. The summed E-state index contributed by atoms with van der Waals surface area (Å²) in [6.45, 7) is 1.73. The fourth-order valence-electron chi connectivity index (χ4n) is 3.89. The number of ketones is 1. The maximum atomic E-state index is 14.0. The number of aryl methyl sites for hydroxylation is 1. The Labute approximate surface area is 190 Å². The molecule has 1 aromatic heterocycles. The van der Waals surface area contributed by atoms with Crippen LogP contribution in [0.25, 0.3) is 5.76 Å². The van der Waals surface area contributed by atoms with Crippen LogP contribution in [0.2, 0.25) is 0 Å². The van der Waals surface area contributed by atoms with Gasteiger partial charge >= 0.3 is 0 Å². The van der Waals surface area contributed by atoms with E-state index < -0.39 is 29.3 Å². The summed E-state index contributed by atoms with van der Waals surface area (Å²) in [4.78, 5) is 29.5. The second-order valence-corrected chi connectivity index (χ2v) is 7.87. The molecule has 2 heterocycles. The van der Waals surface area contributed by atoms with E-state index in [1.165, 1.54) is 24.1 Å². The van der Waals surface area contributed by atoms with E-state index in [1.54, 1.807) is 31.2 Å². The lowest BCUT2D eigenvalue weighted by molar-refractivity contribution is -0.132. The average molecular weight is 450 g/mol. The molecule has 0 radical (unpaired) electrons. The first kappa shape index (κ1) is 22.1. The Morgan fingerprint density at radius 3 is 2.36 bits per heavy atom. The normalized spacial score (nSPS) is 17.5. The number of hydrogen-bond acceptors (Lipinski definition) is 6. The Morgan fingerprint density at radius 2 is 1.79 bits per heavy atom. The van der Waals surface area contributed by atoms with Crippen LogP contribution in [0.3, 0.4) is 0 Å². The number of methoxy groups -OCH3 is 1. The lowest BCUT2D eigenvalue weighted by Gasteiger charge is -2.24. The molecule has 0 aliphatic carbocycles. The fourth-order valence-corrected chi connectivity index (χ4v) is 3.89. The van der Waals surface area contributed by atoms with Crippen molar-refractivity contribution in [2.24, 2.45) is 0 Å². The summed E-state index contributed by atoms with van der Waals surface area (Å²) in [5.41, 5.74) is 1.11. The van der Waals surface area contributed by atoms with Gasteiger partial charge in [-0.1, -0.05) is 0 Å². The first-order chi connectivity index (χ1) is 15.7. The molecule has 1 N–H and O–H groups in total. The molecule has 0 bridgehead atoms. The largest absolute Gasteiger partial charge is 0.507 e. The fraction of sp³-hybridized carbons (Fsp3) is 0.200. The molecule has 0 spiro atoms. The number of amides is 1. The van der Waals surface area contributed by atoms with E-state index in [1.807, 2.05) is 31.1 Å². The summed E-state index contributed by atoms with van der Waals surface area (Å²) in [5, 5.41) is 11.1. The van der Waals surface area contributed by atoms with Crippen molar-refractivity contribution in [2.75, 3.05) is 31.0 Å². The zero-order chi connectivity index (χ0) is 23.9. The number of rotatable bonds is 5. The molecule has 1 unspecified atom stereocenters. The van der Waals surface area contributed by atoms with Crippen molar-refractivity contribution >= 4 is 28.8 Å². The molecular formula is C25H23FN2O5. The topological polar surface area (TPSA) is 83.2 Å². The Kier molecular flexibility index (Phi) is 5.68. The van der Waals surface area contributed by atoms with Gasteiger partial charge in [-0.05, 0) is 61.5 Å². The van der Waals surface area contributed by atoms with Crippen LogP contribution in [-0.4, -0.2) is 38.0 Å². The highest BCUT2D eigenvalue weighted by molar-refractivity contribution is 6.51. The van der Waals surface area contributed by atoms with Crippen LogP contribution in [0.4, 0.5) is 15.8 Å². The third-order valence-corrected chi connectivity index (χ3v) is 5.54. The number of furan rings is 1. The molecule has 1 fully saturated rings. The zero-order valence-electron chi connectivity index (χ0n) is 18.6. The summed E-state index contributed by atoms with van der Waals surface area (Å²) in [6, 6.07) is 12.9. The zero-order valence-corrected chi connectivity index (χ0v) is 18.6. The van der Waals surface area contributed by atoms with Crippen LogP contribution in [0.5, 0.6) is 5.75 Å². The van der Waals surface area contributed by atoms with Gasteiger partial charge in [0.05, 0.1) is 18.2 Å². The van der Waals surface area contributed by atoms with Crippen molar-refractivity contribution in [3.63, 3.8) is 0 Å². The predicted molar refractivity (Wildman–Crippen MR) is 122 cm³/mol. The van der Waals surface area contributed by atoms with Crippen molar-refractivity contribution in [3.8, 4) is 5.75 Å². The number of ether oxygens (including phenoxy) is 1. The molecule has 1 aliphatic heterocycles. The highest BCUT2D eigenvalue weighted by Gasteiger charge is 2.48. The summed E-state index contributed by atoms with van der Waals surface area (Å²) >= 11 is 0. The molecule has 170 valence electrons. The van der Waals surface area contributed by atoms with E-state index in [-0.39, 0.29) is 16.9 Å². The Morgan fingerprint density at radius 1 is 1.09 bits per heavy atom. The molecule has 8 heteroatoms. The number of carbonyl (C=O) groups is 2. The minimum absolute atomic E-state index is 0.0354. The quantitative estimate of drug-likeness (QED) is 0.352. The summed E-state index contributed by atoms with van der Waals surface area (Å²) < 4.78 is 25.0. The molecule has 1 amide bonds. The summed E-state index contributed by atoms with van der Waals surface area (Å²) in [5.74, 6) is -1.89. The van der Waals surface area contributed by atoms with Crippen LogP contribution >= 0.6 is 0 Å². The molecule has 4 rings (SSSR count). The van der Waals surface area contributed by atoms with E-state index in [2.05, 4.69) is 0 Å². The smallest absolute Gasteiger partial charge is 0.300 e. The van der Waals surface area contributed by atoms with Crippen molar-refractivity contribution in [1.29, 1.82) is 0 Å². The number of halogens is 1. The maximum Gasteiger partial charge on any atom is 0.300 e. The van der Waals surface area contributed by atoms with Gasteiger partial charge in [0, 0.05) is 25.5 Å². The number of benzene rings is 2. The number of anilines is 2. The number of aliphatic hydroxyl groups is 1. The minimum atomic E-state index is -1.04. The van der Waals surface area contributed by atoms with Crippen molar-refractivity contribution < 1.29 is 28.2 Å². The van der Waals surface area contributed by atoms with Crippen LogP contribution in [0.1, 0.15) is 23.1 Å². The molecule has 3 aromatic rings. The van der Waals surface area contributed by atoms with Gasteiger partial charge < -0.3 is 19.2 Å². The van der Waals surface area contributed by atoms with Gasteiger partial charge in [-0.2, -0.15) is 0 Å².